The van der Waals surface area contributed by atoms with Crippen LogP contribution in [-0.2, 0) is 27.9 Å². The van der Waals surface area contributed by atoms with E-state index in [1.807, 2.05) is 21.1 Å². The Labute approximate surface area is 391 Å². The zero-order valence-electron chi connectivity index (χ0n) is 42.3. The number of carbonyl (C=O) groups excluding carboxylic acids is 1. The molecular weight excluding hydrogens is 806 g/mol. The minimum atomic E-state index is -4.28. The van der Waals surface area contributed by atoms with E-state index in [1.54, 1.807) is 0 Å². The first-order valence-electron chi connectivity index (χ1n) is 26.7. The van der Waals surface area contributed by atoms with Crippen LogP contribution in [0, 0.1) is 0 Å². The van der Waals surface area contributed by atoms with Crippen LogP contribution >= 0.6 is 7.82 Å². The summed E-state index contributed by atoms with van der Waals surface area (Å²) in [6, 6.07) is 0. The molecule has 8 nitrogen and oxygen atoms in total. The molecule has 0 spiro atoms. The number of phosphoric acid groups is 1. The minimum Gasteiger partial charge on any atom is -0.457 e. The fraction of sp³-hybridized carbons (Fsp3) is 0.870. The summed E-state index contributed by atoms with van der Waals surface area (Å²) in [5.41, 5.74) is 0. The largest absolute Gasteiger partial charge is 0.472 e. The average molecular weight is 911 g/mol. The monoisotopic (exact) mass is 911 g/mol. The lowest BCUT2D eigenvalue weighted by atomic mass is 10.0. The third-order valence-corrected chi connectivity index (χ3v) is 12.7. The van der Waals surface area contributed by atoms with E-state index in [-0.39, 0.29) is 25.8 Å². The van der Waals surface area contributed by atoms with Gasteiger partial charge in [-0.05, 0) is 70.6 Å². The van der Waals surface area contributed by atoms with E-state index < -0.39 is 13.9 Å². The molecule has 2 unspecified atom stereocenters. The Hall–Kier alpha value is -1.28. The van der Waals surface area contributed by atoms with E-state index in [1.165, 1.54) is 180 Å². The Bertz CT molecular complexity index is 1100. The first-order valence-corrected chi connectivity index (χ1v) is 28.2. The maximum absolute atomic E-state index is 12.8. The van der Waals surface area contributed by atoms with Crippen LogP contribution < -0.4 is 0 Å². The SMILES string of the molecule is CCCCC/C=C\C/C=C\CCCCCCCCOCC(COP(=O)(O)OCC[N+](C)(C)C)OC(=O)CCCCCCCCCCCCCCC/C=C\CCCCCCCCCC. The zero-order valence-corrected chi connectivity index (χ0v) is 43.2. The van der Waals surface area contributed by atoms with Crippen molar-refractivity contribution < 1.29 is 37.3 Å². The molecule has 0 aromatic rings. The van der Waals surface area contributed by atoms with Crippen molar-refractivity contribution in [2.24, 2.45) is 0 Å². The second-order valence-corrected chi connectivity index (χ2v) is 20.7. The molecule has 0 aliphatic rings. The number of ether oxygens (including phenoxy) is 2. The third kappa shape index (κ3) is 51.6. The van der Waals surface area contributed by atoms with Crippen molar-refractivity contribution in [2.45, 2.75) is 251 Å². The molecule has 0 radical (unpaired) electrons. The smallest absolute Gasteiger partial charge is 0.457 e. The number of hydrogen-bond donors (Lipinski definition) is 1. The van der Waals surface area contributed by atoms with Crippen molar-refractivity contribution in [1.82, 2.24) is 0 Å². The lowest BCUT2D eigenvalue weighted by molar-refractivity contribution is -0.870. The maximum atomic E-state index is 12.8. The highest BCUT2D eigenvalue weighted by molar-refractivity contribution is 7.47. The highest BCUT2D eigenvalue weighted by Gasteiger charge is 2.26. The van der Waals surface area contributed by atoms with E-state index in [0.717, 1.165) is 44.9 Å². The Morgan fingerprint density at radius 1 is 0.492 bits per heavy atom. The van der Waals surface area contributed by atoms with Gasteiger partial charge in [0.2, 0.25) is 0 Å². The first kappa shape index (κ1) is 61.7. The van der Waals surface area contributed by atoms with Crippen LogP contribution in [0.15, 0.2) is 36.5 Å². The molecule has 0 saturated carbocycles. The number of carbonyl (C=O) groups is 1. The molecule has 0 aromatic heterocycles. The van der Waals surface area contributed by atoms with Gasteiger partial charge in [0.1, 0.15) is 19.3 Å². The summed E-state index contributed by atoms with van der Waals surface area (Å²) >= 11 is 0. The number of phosphoric ester groups is 1. The van der Waals surface area contributed by atoms with Crippen LogP contribution in [0.2, 0.25) is 0 Å². The Morgan fingerprint density at radius 2 is 0.873 bits per heavy atom. The molecule has 0 saturated heterocycles. The average Bonchev–Trinajstić information content (AvgIpc) is 3.24. The maximum Gasteiger partial charge on any atom is 0.472 e. The van der Waals surface area contributed by atoms with Gasteiger partial charge in [0, 0.05) is 13.0 Å². The zero-order chi connectivity index (χ0) is 46.2. The van der Waals surface area contributed by atoms with Crippen LogP contribution in [0.4, 0.5) is 0 Å². The van der Waals surface area contributed by atoms with Crippen LogP contribution in [-0.4, -0.2) is 75.6 Å². The van der Waals surface area contributed by atoms with Crippen LogP contribution in [0.3, 0.4) is 0 Å². The quantitative estimate of drug-likeness (QED) is 0.0214. The summed E-state index contributed by atoms with van der Waals surface area (Å²) in [4.78, 5) is 23.0. The molecule has 0 rings (SSSR count). The fourth-order valence-corrected chi connectivity index (χ4v) is 8.26. The molecule has 0 aromatic carbocycles. The molecule has 0 bridgehead atoms. The van der Waals surface area contributed by atoms with Crippen molar-refractivity contribution in [1.29, 1.82) is 0 Å². The normalized spacial score (nSPS) is 13.8. The van der Waals surface area contributed by atoms with Gasteiger partial charge < -0.3 is 18.9 Å². The summed E-state index contributed by atoms with van der Waals surface area (Å²) in [6.45, 7) is 5.61. The van der Waals surface area contributed by atoms with Crippen LogP contribution in [0.5, 0.6) is 0 Å². The highest BCUT2D eigenvalue weighted by atomic mass is 31.2. The second kappa shape index (κ2) is 47.2. The van der Waals surface area contributed by atoms with Crippen molar-refractivity contribution in [3.8, 4) is 0 Å². The van der Waals surface area contributed by atoms with Gasteiger partial charge in [-0.25, -0.2) is 4.57 Å². The standard InChI is InChI=1S/C54H104NO7P/c1-6-8-10-12-14-16-18-20-22-24-25-26-27-28-29-30-31-32-33-35-37-39-41-43-45-47-54(56)62-53(52-61-63(57,58)60-50-48-55(3,4)5)51-59-49-46-44-42-40-38-36-34-23-21-19-17-15-13-11-9-7-2/h15,17,21,23-25,53H,6-14,16,18-20,22,26-52H2,1-5H3/p+1/b17-15-,23-21-,25-24-. The molecular formula is C54H105NO7P+. The lowest BCUT2D eigenvalue weighted by Crippen LogP contribution is -2.37. The molecule has 0 fully saturated rings. The number of esters is 1. The summed E-state index contributed by atoms with van der Waals surface area (Å²) < 4.78 is 35.2. The van der Waals surface area contributed by atoms with E-state index in [0.29, 0.717) is 24.1 Å². The number of unbranched alkanes of at least 4 members (excludes halogenated alkanes) is 30. The van der Waals surface area contributed by atoms with E-state index in [9.17, 15) is 14.3 Å². The van der Waals surface area contributed by atoms with Crippen LogP contribution in [0.25, 0.3) is 0 Å². The predicted octanol–water partition coefficient (Wildman–Crippen LogP) is 16.5. The van der Waals surface area contributed by atoms with Crippen molar-refractivity contribution in [2.75, 3.05) is 54.1 Å². The minimum absolute atomic E-state index is 0.0870. The topological polar surface area (TPSA) is 91.3 Å². The molecule has 0 aliphatic heterocycles. The van der Waals surface area contributed by atoms with Gasteiger partial charge in [-0.1, -0.05) is 204 Å². The number of nitrogens with zero attached hydrogens (tertiary/aromatic N) is 1. The van der Waals surface area contributed by atoms with Gasteiger partial charge in [-0.3, -0.25) is 13.8 Å². The summed E-state index contributed by atoms with van der Waals surface area (Å²) in [7, 11) is 1.67. The first-order chi connectivity index (χ1) is 30.6. The number of rotatable bonds is 50. The van der Waals surface area contributed by atoms with E-state index >= 15 is 0 Å². The molecule has 1 N–H and O–H groups in total. The highest BCUT2D eigenvalue weighted by Crippen LogP contribution is 2.43. The van der Waals surface area contributed by atoms with Crippen LogP contribution in [0.1, 0.15) is 245 Å². The molecule has 63 heavy (non-hydrogen) atoms. The molecule has 2 atom stereocenters. The second-order valence-electron chi connectivity index (χ2n) is 19.3. The number of likely N-dealkylation sites (N-methyl/N-ethyl adjacent to an activating group) is 1. The summed E-state index contributed by atoms with van der Waals surface area (Å²) in [6.07, 6.45) is 57.7. The fourth-order valence-electron chi connectivity index (χ4n) is 7.52. The van der Waals surface area contributed by atoms with E-state index in [2.05, 4.69) is 50.3 Å². The van der Waals surface area contributed by atoms with Gasteiger partial charge >= 0.3 is 13.8 Å². The van der Waals surface area contributed by atoms with Crippen molar-refractivity contribution >= 4 is 13.8 Å². The Kier molecular flexibility index (Phi) is 46.3. The van der Waals surface area contributed by atoms with Gasteiger partial charge in [-0.15, -0.1) is 0 Å². The van der Waals surface area contributed by atoms with E-state index in [4.69, 9.17) is 18.5 Å². The third-order valence-electron chi connectivity index (χ3n) is 11.7. The molecule has 372 valence electrons. The van der Waals surface area contributed by atoms with Gasteiger partial charge in [0.05, 0.1) is 34.4 Å². The lowest BCUT2D eigenvalue weighted by Gasteiger charge is -2.24. The molecule has 0 aliphatic carbocycles. The Morgan fingerprint density at radius 3 is 1.33 bits per heavy atom. The summed E-state index contributed by atoms with van der Waals surface area (Å²) in [5, 5.41) is 0. The number of allylic oxidation sites excluding steroid dienone is 6. The van der Waals surface area contributed by atoms with Crippen molar-refractivity contribution in [3.63, 3.8) is 0 Å². The molecule has 0 heterocycles. The Balaban J connectivity index is 4.07. The van der Waals surface area contributed by atoms with Crippen molar-refractivity contribution in [3.05, 3.63) is 36.5 Å². The van der Waals surface area contributed by atoms with Gasteiger partial charge in [-0.2, -0.15) is 0 Å². The van der Waals surface area contributed by atoms with Gasteiger partial charge in [0.25, 0.3) is 0 Å². The molecule has 0 amide bonds. The predicted molar refractivity (Wildman–Crippen MR) is 270 cm³/mol. The molecule has 9 heteroatoms. The summed E-state index contributed by atoms with van der Waals surface area (Å²) in [5.74, 6) is -0.315. The number of quaternary nitrogens is 1. The van der Waals surface area contributed by atoms with Gasteiger partial charge in [0.15, 0.2) is 0 Å². The number of hydrogen-bond acceptors (Lipinski definition) is 6.